The van der Waals surface area contributed by atoms with Crippen molar-refractivity contribution in [2.45, 2.75) is 27.7 Å². The molecule has 17 heavy (non-hydrogen) atoms. The summed E-state index contributed by atoms with van der Waals surface area (Å²) in [6.45, 7) is 7.62. The van der Waals surface area contributed by atoms with E-state index in [2.05, 4.69) is 0 Å². The van der Waals surface area contributed by atoms with Gasteiger partial charge in [-0.2, -0.15) is 0 Å². The summed E-state index contributed by atoms with van der Waals surface area (Å²) in [5.74, 6) is -0.777. The van der Waals surface area contributed by atoms with Crippen LogP contribution in [-0.4, -0.2) is 25.2 Å². The monoisotopic (exact) mass is 240 g/mol. The maximum Gasteiger partial charge on any atom is 0.330 e. The van der Waals surface area contributed by atoms with Gasteiger partial charge in [-0.25, -0.2) is 9.59 Å². The van der Waals surface area contributed by atoms with Crippen molar-refractivity contribution in [2.24, 2.45) is 5.41 Å². The van der Waals surface area contributed by atoms with Gasteiger partial charge >= 0.3 is 11.9 Å². The number of ether oxygens (including phenoxy) is 2. The van der Waals surface area contributed by atoms with Crippen molar-refractivity contribution in [3.8, 4) is 0 Å². The predicted octanol–water partition coefficient (Wildman–Crippen LogP) is 2.25. The molecule has 0 rings (SSSR count). The smallest absolute Gasteiger partial charge is 0.330 e. The van der Waals surface area contributed by atoms with Crippen LogP contribution in [0.25, 0.3) is 0 Å². The van der Waals surface area contributed by atoms with E-state index in [1.54, 1.807) is 26.0 Å². The van der Waals surface area contributed by atoms with Crippen molar-refractivity contribution in [2.75, 3.05) is 13.2 Å². The highest BCUT2D eigenvalue weighted by molar-refractivity contribution is 5.82. The molecule has 0 aromatic heterocycles. The van der Waals surface area contributed by atoms with Crippen molar-refractivity contribution in [1.82, 2.24) is 0 Å². The Kier molecular flexibility index (Phi) is 6.94. The second-order valence-corrected chi connectivity index (χ2v) is 4.38. The zero-order chi connectivity index (χ0) is 13.3. The first-order valence-electron chi connectivity index (χ1n) is 5.50. The normalized spacial score (nSPS) is 12.0. The summed E-state index contributed by atoms with van der Waals surface area (Å²) in [6.07, 6.45) is 5.92. The number of hydrogen-bond donors (Lipinski definition) is 0. The third-order valence-corrected chi connectivity index (χ3v) is 1.82. The van der Waals surface area contributed by atoms with Gasteiger partial charge in [-0.15, -0.1) is 0 Å². The average Bonchev–Trinajstić information content (AvgIpc) is 2.25. The Morgan fingerprint density at radius 1 is 0.941 bits per heavy atom. The van der Waals surface area contributed by atoms with Gasteiger partial charge in [0.15, 0.2) is 0 Å². The summed E-state index contributed by atoms with van der Waals surface area (Å²) in [5.41, 5.74) is -0.394. The summed E-state index contributed by atoms with van der Waals surface area (Å²) in [4.78, 5) is 22.2. The van der Waals surface area contributed by atoms with Gasteiger partial charge in [0.25, 0.3) is 0 Å². The lowest BCUT2D eigenvalue weighted by molar-refractivity contribution is -0.146. The van der Waals surface area contributed by atoms with Gasteiger partial charge in [-0.1, -0.05) is 26.0 Å². The van der Waals surface area contributed by atoms with E-state index >= 15 is 0 Å². The van der Waals surface area contributed by atoms with Crippen LogP contribution in [0.5, 0.6) is 0 Å². The van der Waals surface area contributed by atoms with Crippen LogP contribution in [0, 0.1) is 5.41 Å². The second kappa shape index (κ2) is 7.65. The van der Waals surface area contributed by atoms with Gasteiger partial charge in [0.05, 0.1) is 13.2 Å². The Balaban J connectivity index is 4.03. The lowest BCUT2D eigenvalue weighted by Gasteiger charge is -2.22. The molecule has 96 valence electrons. The third-order valence-electron chi connectivity index (χ3n) is 1.82. The molecule has 0 unspecified atom stereocenters. The molecule has 0 atom stereocenters. The second-order valence-electron chi connectivity index (χ2n) is 4.38. The van der Waals surface area contributed by atoms with Gasteiger partial charge in [-0.3, -0.25) is 0 Å². The van der Waals surface area contributed by atoms with E-state index in [1.165, 1.54) is 12.2 Å². The van der Waals surface area contributed by atoms with Crippen molar-refractivity contribution in [3.05, 3.63) is 24.3 Å². The Morgan fingerprint density at radius 3 is 1.59 bits per heavy atom. The Morgan fingerprint density at radius 2 is 1.29 bits per heavy atom. The summed E-state index contributed by atoms with van der Waals surface area (Å²) in [6, 6.07) is 0. The molecular formula is C13H20O4. The molecule has 0 saturated carbocycles. The zero-order valence-corrected chi connectivity index (χ0v) is 10.9. The van der Waals surface area contributed by atoms with Gasteiger partial charge in [0.2, 0.25) is 0 Å². The topological polar surface area (TPSA) is 52.6 Å². The Hall–Kier alpha value is -1.58. The van der Waals surface area contributed by atoms with Crippen molar-refractivity contribution >= 4 is 11.9 Å². The van der Waals surface area contributed by atoms with Crippen LogP contribution in [0.3, 0.4) is 0 Å². The SMILES string of the molecule is CC=CC(=O)OCC(C)(C)COC(=O)C=CC. The maximum atomic E-state index is 11.1. The van der Waals surface area contributed by atoms with E-state index in [-0.39, 0.29) is 25.2 Å². The van der Waals surface area contributed by atoms with Crippen LogP contribution in [0.15, 0.2) is 24.3 Å². The summed E-state index contributed by atoms with van der Waals surface area (Å²) in [7, 11) is 0. The van der Waals surface area contributed by atoms with Crippen LogP contribution in [0.1, 0.15) is 27.7 Å². The van der Waals surface area contributed by atoms with E-state index in [4.69, 9.17) is 9.47 Å². The van der Waals surface area contributed by atoms with Gasteiger partial charge in [0.1, 0.15) is 0 Å². The van der Waals surface area contributed by atoms with Crippen LogP contribution < -0.4 is 0 Å². The minimum atomic E-state index is -0.394. The maximum absolute atomic E-state index is 11.1. The highest BCUT2D eigenvalue weighted by Crippen LogP contribution is 2.16. The Labute approximate surface area is 102 Å². The molecule has 0 fully saturated rings. The fraction of sp³-hybridized carbons (Fsp3) is 0.538. The highest BCUT2D eigenvalue weighted by Gasteiger charge is 2.21. The number of rotatable bonds is 6. The molecule has 4 nitrogen and oxygen atoms in total. The van der Waals surface area contributed by atoms with Crippen molar-refractivity contribution in [3.63, 3.8) is 0 Å². The van der Waals surface area contributed by atoms with Crippen LogP contribution >= 0.6 is 0 Å². The largest absolute Gasteiger partial charge is 0.462 e. The number of allylic oxidation sites excluding steroid dienone is 2. The van der Waals surface area contributed by atoms with E-state index in [0.29, 0.717) is 0 Å². The molecule has 0 spiro atoms. The molecule has 4 heteroatoms. The minimum absolute atomic E-state index is 0.208. The molecule has 0 N–H and O–H groups in total. The number of carbonyl (C=O) groups is 2. The van der Waals surface area contributed by atoms with Gasteiger partial charge in [0, 0.05) is 17.6 Å². The highest BCUT2D eigenvalue weighted by atomic mass is 16.5. The minimum Gasteiger partial charge on any atom is -0.462 e. The molecule has 0 saturated heterocycles. The lowest BCUT2D eigenvalue weighted by Crippen LogP contribution is -2.28. The fourth-order valence-corrected chi connectivity index (χ4v) is 0.943. The number of carbonyl (C=O) groups excluding carboxylic acids is 2. The molecule has 0 amide bonds. The molecule has 0 aromatic carbocycles. The summed E-state index contributed by atoms with van der Waals surface area (Å²) >= 11 is 0. The number of hydrogen-bond acceptors (Lipinski definition) is 4. The number of esters is 2. The van der Waals surface area contributed by atoms with E-state index < -0.39 is 5.41 Å². The van der Waals surface area contributed by atoms with E-state index in [9.17, 15) is 9.59 Å². The molecule has 0 aliphatic carbocycles. The van der Waals surface area contributed by atoms with Crippen molar-refractivity contribution in [1.29, 1.82) is 0 Å². The summed E-state index contributed by atoms with van der Waals surface area (Å²) in [5, 5.41) is 0. The van der Waals surface area contributed by atoms with Crippen LogP contribution in [0.2, 0.25) is 0 Å². The van der Waals surface area contributed by atoms with E-state index in [1.807, 2.05) is 13.8 Å². The Bertz CT molecular complexity index is 283. The van der Waals surface area contributed by atoms with Gasteiger partial charge in [-0.05, 0) is 13.8 Å². The first-order chi connectivity index (χ1) is 7.91. The zero-order valence-electron chi connectivity index (χ0n) is 10.9. The van der Waals surface area contributed by atoms with Gasteiger partial charge < -0.3 is 9.47 Å². The first kappa shape index (κ1) is 15.4. The molecule has 0 aromatic rings. The molecule has 0 aliphatic heterocycles. The van der Waals surface area contributed by atoms with Crippen LogP contribution in [0.4, 0.5) is 0 Å². The molecular weight excluding hydrogens is 220 g/mol. The third kappa shape index (κ3) is 8.25. The first-order valence-corrected chi connectivity index (χ1v) is 5.50. The summed E-state index contributed by atoms with van der Waals surface area (Å²) < 4.78 is 10.0. The molecule has 0 heterocycles. The molecule has 0 aliphatic rings. The molecule has 0 bridgehead atoms. The lowest BCUT2D eigenvalue weighted by atomic mass is 9.96. The molecule has 0 radical (unpaired) electrons. The fourth-order valence-electron chi connectivity index (χ4n) is 0.943. The predicted molar refractivity (Wildman–Crippen MR) is 65.3 cm³/mol. The standard InChI is InChI=1S/C13H20O4/c1-5-7-11(14)16-9-13(3,4)10-17-12(15)8-6-2/h5-8H,9-10H2,1-4H3. The van der Waals surface area contributed by atoms with E-state index in [0.717, 1.165) is 0 Å². The quantitative estimate of drug-likeness (QED) is 0.528. The van der Waals surface area contributed by atoms with Crippen LogP contribution in [-0.2, 0) is 19.1 Å². The van der Waals surface area contributed by atoms with Crippen molar-refractivity contribution < 1.29 is 19.1 Å². The average molecular weight is 240 g/mol.